The molecule has 0 bridgehead atoms. The van der Waals surface area contributed by atoms with Crippen LogP contribution in [0.5, 0.6) is 0 Å². The molecule has 1 unspecified atom stereocenters. The Bertz CT molecular complexity index is 179. The number of hydrogen-bond acceptors (Lipinski definition) is 4. The summed E-state index contributed by atoms with van der Waals surface area (Å²) in [4.78, 5) is 12.9. The van der Waals surface area contributed by atoms with Crippen molar-refractivity contribution in [3.05, 3.63) is 0 Å². The molecule has 0 saturated heterocycles. The number of aliphatic imine (C=N–C) groups is 1. The summed E-state index contributed by atoms with van der Waals surface area (Å²) in [7, 11) is 0. The third-order valence-corrected chi connectivity index (χ3v) is 1.14. The van der Waals surface area contributed by atoms with Gasteiger partial charge in [-0.1, -0.05) is 0 Å². The smallest absolute Gasteiger partial charge is 0.237 e. The van der Waals surface area contributed by atoms with Gasteiger partial charge in [-0.2, -0.15) is 4.99 Å². The van der Waals surface area contributed by atoms with E-state index in [1.165, 1.54) is 6.08 Å². The molecule has 0 radical (unpaired) electrons. The van der Waals surface area contributed by atoms with E-state index in [-0.39, 0.29) is 5.60 Å². The number of rotatable bonds is 3. The summed E-state index contributed by atoms with van der Waals surface area (Å²) in [5.41, 5.74) is -0.348. The molecule has 4 nitrogen and oxygen atoms in total. The number of carbonyl (C=O) groups excluding carboxylic acids is 1. The first-order valence-electron chi connectivity index (χ1n) is 3.79. The lowest BCUT2D eigenvalue weighted by Crippen LogP contribution is -2.32. The molecular formula is C8H15NO3. The first kappa shape index (κ1) is 11.3. The van der Waals surface area contributed by atoms with Crippen molar-refractivity contribution in [1.29, 1.82) is 0 Å². The Morgan fingerprint density at radius 2 is 2.00 bits per heavy atom. The standard InChI is InChI=1S/C8H15NO3/c1-6(7(11)9-5-10)12-8(2,3)4/h6-7,11H,1-4H3/t6?,7-/m1/s1. The maximum atomic E-state index is 9.78. The molecule has 0 aromatic carbocycles. The van der Waals surface area contributed by atoms with Crippen molar-refractivity contribution in [3.8, 4) is 0 Å². The topological polar surface area (TPSA) is 58.9 Å². The van der Waals surface area contributed by atoms with Gasteiger partial charge in [0.15, 0.2) is 6.23 Å². The van der Waals surface area contributed by atoms with E-state index >= 15 is 0 Å². The lowest BCUT2D eigenvalue weighted by atomic mass is 10.2. The zero-order valence-corrected chi connectivity index (χ0v) is 7.87. The van der Waals surface area contributed by atoms with E-state index in [9.17, 15) is 4.79 Å². The fourth-order valence-electron chi connectivity index (χ4n) is 0.777. The number of isocyanates is 1. The van der Waals surface area contributed by atoms with Gasteiger partial charge in [-0.3, -0.25) is 0 Å². The largest absolute Gasteiger partial charge is 0.369 e. The molecule has 0 saturated carbocycles. The minimum Gasteiger partial charge on any atom is -0.369 e. The Morgan fingerprint density at radius 3 is 2.33 bits per heavy atom. The average Bonchev–Trinajstić information content (AvgIpc) is 1.84. The molecule has 0 aliphatic carbocycles. The van der Waals surface area contributed by atoms with Crippen molar-refractivity contribution in [1.82, 2.24) is 0 Å². The molecule has 0 aromatic rings. The van der Waals surface area contributed by atoms with Gasteiger partial charge < -0.3 is 9.84 Å². The third kappa shape index (κ3) is 5.02. The highest BCUT2D eigenvalue weighted by Gasteiger charge is 2.20. The molecule has 4 heteroatoms. The number of aliphatic hydroxyl groups is 1. The molecule has 0 fully saturated rings. The minimum atomic E-state index is -1.12. The zero-order valence-electron chi connectivity index (χ0n) is 7.87. The summed E-state index contributed by atoms with van der Waals surface area (Å²) in [5, 5.41) is 9.13. The molecule has 0 rings (SSSR count). The van der Waals surface area contributed by atoms with E-state index in [0.29, 0.717) is 0 Å². The van der Waals surface area contributed by atoms with Gasteiger partial charge in [0.2, 0.25) is 6.08 Å². The van der Waals surface area contributed by atoms with E-state index in [0.717, 1.165) is 0 Å². The second-order valence-corrected chi connectivity index (χ2v) is 3.57. The third-order valence-electron chi connectivity index (χ3n) is 1.14. The number of hydrogen-bond donors (Lipinski definition) is 1. The predicted molar refractivity (Wildman–Crippen MR) is 44.4 cm³/mol. The Hall–Kier alpha value is -0.700. The first-order valence-corrected chi connectivity index (χ1v) is 3.79. The van der Waals surface area contributed by atoms with Crippen LogP contribution in [0.4, 0.5) is 0 Å². The van der Waals surface area contributed by atoms with Crippen molar-refractivity contribution in [2.45, 2.75) is 45.6 Å². The van der Waals surface area contributed by atoms with Crippen LogP contribution in [0.25, 0.3) is 0 Å². The summed E-state index contributed by atoms with van der Waals surface area (Å²) >= 11 is 0. The summed E-state index contributed by atoms with van der Waals surface area (Å²) < 4.78 is 5.33. The molecule has 0 aliphatic heterocycles. The molecule has 0 aromatic heterocycles. The molecule has 0 spiro atoms. The molecule has 12 heavy (non-hydrogen) atoms. The van der Waals surface area contributed by atoms with Crippen molar-refractivity contribution < 1.29 is 14.6 Å². The van der Waals surface area contributed by atoms with Crippen molar-refractivity contribution in [3.63, 3.8) is 0 Å². The van der Waals surface area contributed by atoms with E-state index in [4.69, 9.17) is 9.84 Å². The maximum absolute atomic E-state index is 9.78. The van der Waals surface area contributed by atoms with Crippen molar-refractivity contribution in [2.75, 3.05) is 0 Å². The minimum absolute atomic E-state index is 0.348. The summed E-state index contributed by atoms with van der Waals surface area (Å²) in [6.45, 7) is 7.24. The Morgan fingerprint density at radius 1 is 1.50 bits per heavy atom. The van der Waals surface area contributed by atoms with E-state index in [2.05, 4.69) is 4.99 Å². The fourth-order valence-corrected chi connectivity index (χ4v) is 0.777. The van der Waals surface area contributed by atoms with Gasteiger partial charge in [-0.15, -0.1) is 0 Å². The zero-order chi connectivity index (χ0) is 9.78. The van der Waals surface area contributed by atoms with Crippen molar-refractivity contribution in [2.24, 2.45) is 4.99 Å². The van der Waals surface area contributed by atoms with Gasteiger partial charge >= 0.3 is 0 Å². The number of nitrogens with zero attached hydrogens (tertiary/aromatic N) is 1. The summed E-state index contributed by atoms with van der Waals surface area (Å²) in [6.07, 6.45) is -0.338. The molecule has 0 aliphatic rings. The highest BCUT2D eigenvalue weighted by Crippen LogP contribution is 2.12. The summed E-state index contributed by atoms with van der Waals surface area (Å²) in [5.74, 6) is 0. The van der Waals surface area contributed by atoms with Crippen LogP contribution in [-0.2, 0) is 9.53 Å². The van der Waals surface area contributed by atoms with Crippen LogP contribution >= 0.6 is 0 Å². The van der Waals surface area contributed by atoms with E-state index < -0.39 is 12.3 Å². The van der Waals surface area contributed by atoms with Gasteiger partial charge in [0.05, 0.1) is 5.60 Å². The predicted octanol–water partition coefficient (Wildman–Crippen LogP) is 0.844. The van der Waals surface area contributed by atoms with Crippen LogP contribution in [0.15, 0.2) is 4.99 Å². The molecule has 70 valence electrons. The summed E-state index contributed by atoms with van der Waals surface area (Å²) in [6, 6.07) is 0. The second kappa shape index (κ2) is 4.36. The first-order chi connectivity index (χ1) is 5.37. The SMILES string of the molecule is CC(OC(C)(C)C)[C@@H](O)N=C=O. The van der Waals surface area contributed by atoms with Crippen LogP contribution in [0, 0.1) is 0 Å². The Kier molecular flexibility index (Phi) is 4.10. The van der Waals surface area contributed by atoms with Crippen LogP contribution in [-0.4, -0.2) is 29.1 Å². The normalized spacial score (nSPS) is 16.4. The van der Waals surface area contributed by atoms with Crippen LogP contribution in [0.3, 0.4) is 0 Å². The fraction of sp³-hybridized carbons (Fsp3) is 0.875. The average molecular weight is 173 g/mol. The molecular weight excluding hydrogens is 158 g/mol. The molecule has 2 atom stereocenters. The Labute approximate surface area is 72.3 Å². The molecule has 1 N–H and O–H groups in total. The van der Waals surface area contributed by atoms with Gasteiger partial charge in [0.25, 0.3) is 0 Å². The lowest BCUT2D eigenvalue weighted by molar-refractivity contribution is -0.0989. The van der Waals surface area contributed by atoms with Gasteiger partial charge in [-0.05, 0) is 27.7 Å². The highest BCUT2D eigenvalue weighted by atomic mass is 16.5. The molecule has 0 heterocycles. The van der Waals surface area contributed by atoms with Crippen LogP contribution in [0.1, 0.15) is 27.7 Å². The number of aliphatic hydroxyl groups excluding tert-OH is 1. The number of ether oxygens (including phenoxy) is 1. The van der Waals surface area contributed by atoms with Gasteiger partial charge in [0, 0.05) is 0 Å². The lowest BCUT2D eigenvalue weighted by Gasteiger charge is -2.25. The quantitative estimate of drug-likeness (QED) is 0.508. The Balaban J connectivity index is 4.03. The molecule has 0 amide bonds. The second-order valence-electron chi connectivity index (χ2n) is 3.57. The maximum Gasteiger partial charge on any atom is 0.237 e. The van der Waals surface area contributed by atoms with E-state index in [1.54, 1.807) is 6.92 Å². The monoisotopic (exact) mass is 173 g/mol. The van der Waals surface area contributed by atoms with Crippen LogP contribution in [0.2, 0.25) is 0 Å². The van der Waals surface area contributed by atoms with E-state index in [1.807, 2.05) is 20.8 Å². The van der Waals surface area contributed by atoms with Crippen molar-refractivity contribution >= 4 is 6.08 Å². The highest BCUT2D eigenvalue weighted by molar-refractivity contribution is 5.33. The van der Waals surface area contributed by atoms with Gasteiger partial charge in [0.1, 0.15) is 6.10 Å². The van der Waals surface area contributed by atoms with Gasteiger partial charge in [-0.25, -0.2) is 4.79 Å². The van der Waals surface area contributed by atoms with Crippen LogP contribution < -0.4 is 0 Å².